The molecule has 0 aromatic carbocycles. The third-order valence-corrected chi connectivity index (χ3v) is 9.09. The Kier molecular flexibility index (Phi) is 46.3. The van der Waals surface area contributed by atoms with Crippen molar-refractivity contribution in [1.82, 2.24) is 0 Å². The van der Waals surface area contributed by atoms with E-state index in [-0.39, 0.29) is 44.4 Å². The topological polar surface area (TPSA) is 78.9 Å². The summed E-state index contributed by atoms with van der Waals surface area (Å²) in [6.07, 6.45) is 74.9. The number of rotatable bonds is 40. The molecule has 352 valence electrons. The highest BCUT2D eigenvalue weighted by atomic mass is 16.6. The summed E-state index contributed by atoms with van der Waals surface area (Å²) in [7, 11) is 0. The SMILES string of the molecule is CC\C=C/C=C\C=C/C=C\C=C/CCCCCC(=O)OC(COC(=O)CC/C=C\C/C=C\C/C=C\C/C=C\C/C=C\C/C=C\CC)COC(=O)CCCC/C=C\C/C=C\C/C=C\CC. The van der Waals surface area contributed by atoms with Crippen LogP contribution in [0.15, 0.2) is 170 Å². The molecule has 0 rings (SSSR count). The second-order valence-electron chi connectivity index (χ2n) is 15.0. The Labute approximate surface area is 390 Å². The van der Waals surface area contributed by atoms with Crippen LogP contribution in [-0.4, -0.2) is 37.2 Å². The number of hydrogen-bond acceptors (Lipinski definition) is 6. The highest BCUT2D eigenvalue weighted by molar-refractivity contribution is 5.71. The summed E-state index contributed by atoms with van der Waals surface area (Å²) in [4.78, 5) is 37.8. The third kappa shape index (κ3) is 47.8. The first-order valence-corrected chi connectivity index (χ1v) is 24.2. The monoisotopic (exact) mass is 877 g/mol. The standard InChI is InChI=1S/C58H84O6/c1-4-7-10-13-16-19-22-25-27-28-29-30-32-33-36-39-42-45-48-51-57(60)63-54-55(53-62-56(59)50-47-44-41-38-35-24-21-18-15-12-9-6-3)64-58(61)52-49-46-43-40-37-34-31-26-23-20-17-14-11-8-5-2/h7-12,14,16-21,23,25-27,29-31,33-38,42,45,55H,4-6,13,15,22,24,28,32,39-41,43-44,46-54H2,1-3H3/b10-7-,11-8-,12-9-,17-14-,19-16-,21-18-,23-20-,27-25-,30-29-,31-26-,36-33-,37-34-,38-35-,45-42-. The van der Waals surface area contributed by atoms with Crippen molar-refractivity contribution in [2.75, 3.05) is 13.2 Å². The normalized spacial score (nSPS) is 13.6. The van der Waals surface area contributed by atoms with E-state index in [2.05, 4.69) is 130 Å². The van der Waals surface area contributed by atoms with E-state index in [0.29, 0.717) is 19.3 Å². The first-order chi connectivity index (χ1) is 31.5. The van der Waals surface area contributed by atoms with Gasteiger partial charge in [-0.15, -0.1) is 0 Å². The molecule has 0 heterocycles. The molecule has 6 nitrogen and oxygen atoms in total. The molecule has 0 aromatic heterocycles. The van der Waals surface area contributed by atoms with Crippen molar-refractivity contribution in [3.05, 3.63) is 170 Å². The number of ether oxygens (including phenoxy) is 3. The Balaban J connectivity index is 4.67. The van der Waals surface area contributed by atoms with Gasteiger partial charge < -0.3 is 14.2 Å². The molecule has 0 aliphatic heterocycles. The smallest absolute Gasteiger partial charge is 0.306 e. The van der Waals surface area contributed by atoms with E-state index in [1.54, 1.807) is 0 Å². The second kappa shape index (κ2) is 50.4. The predicted molar refractivity (Wildman–Crippen MR) is 274 cm³/mol. The fraction of sp³-hybridized carbons (Fsp3) is 0.466. The zero-order valence-corrected chi connectivity index (χ0v) is 40.0. The summed E-state index contributed by atoms with van der Waals surface area (Å²) in [6, 6.07) is 0. The molecular weight excluding hydrogens is 793 g/mol. The van der Waals surface area contributed by atoms with Gasteiger partial charge in [-0.25, -0.2) is 0 Å². The van der Waals surface area contributed by atoms with Crippen LogP contribution in [0, 0.1) is 0 Å². The Bertz CT molecular complexity index is 1570. The van der Waals surface area contributed by atoms with Gasteiger partial charge in [-0.1, -0.05) is 197 Å². The zero-order valence-electron chi connectivity index (χ0n) is 40.0. The van der Waals surface area contributed by atoms with Crippen LogP contribution in [-0.2, 0) is 28.6 Å². The molecule has 0 fully saturated rings. The lowest BCUT2D eigenvalue weighted by Crippen LogP contribution is -2.30. The van der Waals surface area contributed by atoms with E-state index in [4.69, 9.17) is 14.2 Å². The summed E-state index contributed by atoms with van der Waals surface area (Å²) in [5, 5.41) is 0. The van der Waals surface area contributed by atoms with E-state index < -0.39 is 12.1 Å². The first-order valence-electron chi connectivity index (χ1n) is 24.2. The van der Waals surface area contributed by atoms with Gasteiger partial charge in [-0.3, -0.25) is 14.4 Å². The molecular formula is C58H84O6. The van der Waals surface area contributed by atoms with Crippen LogP contribution < -0.4 is 0 Å². The molecule has 0 saturated heterocycles. The van der Waals surface area contributed by atoms with Crippen LogP contribution in [0.4, 0.5) is 0 Å². The van der Waals surface area contributed by atoms with Crippen molar-refractivity contribution in [1.29, 1.82) is 0 Å². The van der Waals surface area contributed by atoms with E-state index in [1.807, 2.05) is 60.8 Å². The van der Waals surface area contributed by atoms with Crippen molar-refractivity contribution in [2.45, 2.75) is 162 Å². The van der Waals surface area contributed by atoms with Crippen molar-refractivity contribution in [3.63, 3.8) is 0 Å². The lowest BCUT2D eigenvalue weighted by atomic mass is 10.1. The number of carbonyl (C=O) groups is 3. The Hall–Kier alpha value is -5.23. The number of carbonyl (C=O) groups excluding carboxylic acids is 3. The van der Waals surface area contributed by atoms with E-state index in [9.17, 15) is 14.4 Å². The molecule has 0 aliphatic carbocycles. The first kappa shape index (κ1) is 58.8. The molecule has 0 spiro atoms. The summed E-state index contributed by atoms with van der Waals surface area (Å²) < 4.78 is 16.6. The van der Waals surface area contributed by atoms with Gasteiger partial charge in [0.25, 0.3) is 0 Å². The average molecular weight is 877 g/mol. The minimum absolute atomic E-state index is 0.148. The maximum absolute atomic E-state index is 12.8. The molecule has 1 atom stereocenters. The fourth-order valence-electron chi connectivity index (χ4n) is 5.56. The second-order valence-corrected chi connectivity index (χ2v) is 15.0. The highest BCUT2D eigenvalue weighted by Crippen LogP contribution is 2.09. The Morgan fingerprint density at radius 3 is 1.16 bits per heavy atom. The predicted octanol–water partition coefficient (Wildman–Crippen LogP) is 16.0. The van der Waals surface area contributed by atoms with Gasteiger partial charge in [0.15, 0.2) is 6.10 Å². The van der Waals surface area contributed by atoms with Gasteiger partial charge in [0, 0.05) is 19.3 Å². The van der Waals surface area contributed by atoms with Gasteiger partial charge in [0.1, 0.15) is 13.2 Å². The summed E-state index contributed by atoms with van der Waals surface area (Å²) in [5.74, 6) is -1.13. The summed E-state index contributed by atoms with van der Waals surface area (Å²) in [5.41, 5.74) is 0. The lowest BCUT2D eigenvalue weighted by Gasteiger charge is -2.18. The Morgan fingerprint density at radius 1 is 0.328 bits per heavy atom. The van der Waals surface area contributed by atoms with Crippen LogP contribution in [0.1, 0.15) is 156 Å². The van der Waals surface area contributed by atoms with Crippen LogP contribution in [0.3, 0.4) is 0 Å². The molecule has 0 amide bonds. The number of hydrogen-bond donors (Lipinski definition) is 0. The molecule has 1 unspecified atom stereocenters. The lowest BCUT2D eigenvalue weighted by molar-refractivity contribution is -0.166. The van der Waals surface area contributed by atoms with E-state index in [1.165, 1.54) is 0 Å². The molecule has 0 saturated carbocycles. The molecule has 6 heteroatoms. The average Bonchev–Trinajstić information content (AvgIpc) is 3.29. The van der Waals surface area contributed by atoms with Gasteiger partial charge in [0.2, 0.25) is 0 Å². The van der Waals surface area contributed by atoms with Crippen LogP contribution >= 0.6 is 0 Å². The zero-order chi connectivity index (χ0) is 46.5. The maximum Gasteiger partial charge on any atom is 0.306 e. The number of unbranched alkanes of at least 4 members (excludes halogenated alkanes) is 5. The van der Waals surface area contributed by atoms with Crippen molar-refractivity contribution in [2.24, 2.45) is 0 Å². The van der Waals surface area contributed by atoms with E-state index in [0.717, 1.165) is 96.3 Å². The van der Waals surface area contributed by atoms with Gasteiger partial charge in [-0.2, -0.15) is 0 Å². The van der Waals surface area contributed by atoms with Crippen molar-refractivity contribution < 1.29 is 28.6 Å². The van der Waals surface area contributed by atoms with E-state index >= 15 is 0 Å². The number of allylic oxidation sites excluding steroid dienone is 28. The maximum atomic E-state index is 12.8. The molecule has 0 bridgehead atoms. The molecule has 0 aliphatic rings. The van der Waals surface area contributed by atoms with Gasteiger partial charge in [-0.05, 0) is 109 Å². The summed E-state index contributed by atoms with van der Waals surface area (Å²) >= 11 is 0. The third-order valence-electron chi connectivity index (χ3n) is 9.09. The molecule has 0 radical (unpaired) electrons. The highest BCUT2D eigenvalue weighted by Gasteiger charge is 2.19. The van der Waals surface area contributed by atoms with Gasteiger partial charge >= 0.3 is 17.9 Å². The summed E-state index contributed by atoms with van der Waals surface area (Å²) in [6.45, 7) is 6.08. The molecule has 0 aromatic rings. The van der Waals surface area contributed by atoms with Crippen LogP contribution in [0.25, 0.3) is 0 Å². The van der Waals surface area contributed by atoms with Gasteiger partial charge in [0.05, 0.1) is 0 Å². The van der Waals surface area contributed by atoms with Crippen molar-refractivity contribution in [3.8, 4) is 0 Å². The molecule has 0 N–H and O–H groups in total. The van der Waals surface area contributed by atoms with Crippen LogP contribution in [0.2, 0.25) is 0 Å². The minimum Gasteiger partial charge on any atom is -0.462 e. The minimum atomic E-state index is -0.855. The number of esters is 3. The van der Waals surface area contributed by atoms with Crippen LogP contribution in [0.5, 0.6) is 0 Å². The van der Waals surface area contributed by atoms with Crippen molar-refractivity contribution >= 4 is 17.9 Å². The quantitative estimate of drug-likeness (QED) is 0.0201. The Morgan fingerprint density at radius 2 is 0.672 bits per heavy atom. The molecule has 64 heavy (non-hydrogen) atoms. The fourth-order valence-corrected chi connectivity index (χ4v) is 5.56. The largest absolute Gasteiger partial charge is 0.462 e.